The Morgan fingerprint density at radius 3 is 2.77 bits per heavy atom. The van der Waals surface area contributed by atoms with E-state index in [9.17, 15) is 9.59 Å². The summed E-state index contributed by atoms with van der Waals surface area (Å²) in [6.45, 7) is 6.87. The van der Waals surface area contributed by atoms with Gasteiger partial charge < -0.3 is 14.4 Å². The van der Waals surface area contributed by atoms with Crippen LogP contribution < -0.4 is 0 Å². The standard InChI is InChI=1S/C23H34N4O4/c1-2-31-22(29)23-7-5-18(26-9-11-30-12-10-26)13-17(23)6-8-27(15-23)21(28)20-14-19(24-25-20)16-3-4-16/h14,16-18H,2-13,15H2,1H3,(H,24,25)/t17-,18-,23-/m1/s1. The number of aromatic nitrogens is 2. The van der Waals surface area contributed by atoms with Gasteiger partial charge in [0.05, 0.1) is 25.2 Å². The fourth-order valence-corrected chi connectivity index (χ4v) is 5.90. The number of aromatic amines is 1. The van der Waals surface area contributed by atoms with E-state index in [0.29, 0.717) is 37.4 Å². The van der Waals surface area contributed by atoms with Gasteiger partial charge in [0.2, 0.25) is 0 Å². The van der Waals surface area contributed by atoms with Crippen molar-refractivity contribution in [3.05, 3.63) is 17.5 Å². The Bertz CT molecular complexity index is 816. The largest absolute Gasteiger partial charge is 0.466 e. The number of hydrogen-bond donors (Lipinski definition) is 1. The van der Waals surface area contributed by atoms with Crippen molar-refractivity contribution >= 4 is 11.9 Å². The van der Waals surface area contributed by atoms with Crippen LogP contribution in [0.2, 0.25) is 0 Å². The maximum atomic E-state index is 13.2. The third-order valence-corrected chi connectivity index (χ3v) is 7.85. The molecule has 1 amide bonds. The van der Waals surface area contributed by atoms with Gasteiger partial charge in [-0.2, -0.15) is 5.10 Å². The van der Waals surface area contributed by atoms with Crippen molar-refractivity contribution in [1.29, 1.82) is 0 Å². The maximum Gasteiger partial charge on any atom is 0.314 e. The number of rotatable bonds is 5. The number of hydrogen-bond acceptors (Lipinski definition) is 6. The molecule has 4 fully saturated rings. The zero-order chi connectivity index (χ0) is 21.4. The monoisotopic (exact) mass is 430 g/mol. The number of ether oxygens (including phenoxy) is 2. The molecular formula is C23H34N4O4. The first-order valence-corrected chi connectivity index (χ1v) is 11.9. The summed E-state index contributed by atoms with van der Waals surface area (Å²) in [4.78, 5) is 30.8. The molecule has 5 rings (SSSR count). The number of likely N-dealkylation sites (tertiary alicyclic amines) is 1. The van der Waals surface area contributed by atoms with Crippen LogP contribution in [0.4, 0.5) is 0 Å². The minimum atomic E-state index is -0.595. The van der Waals surface area contributed by atoms with E-state index in [-0.39, 0.29) is 17.8 Å². The number of nitrogens with zero attached hydrogens (tertiary/aromatic N) is 3. The fraction of sp³-hybridized carbons (Fsp3) is 0.783. The molecule has 0 aromatic carbocycles. The number of fused-ring (bicyclic) bond motifs is 1. The van der Waals surface area contributed by atoms with Gasteiger partial charge in [0.15, 0.2) is 0 Å². The number of carbonyl (C=O) groups excluding carboxylic acids is 2. The van der Waals surface area contributed by atoms with Crippen LogP contribution in [0.15, 0.2) is 6.07 Å². The molecule has 2 aliphatic carbocycles. The van der Waals surface area contributed by atoms with Gasteiger partial charge in [0, 0.05) is 43.8 Å². The average molecular weight is 431 g/mol. The number of esters is 1. The van der Waals surface area contributed by atoms with Crippen LogP contribution in [-0.4, -0.2) is 83.9 Å². The number of nitrogens with one attached hydrogen (secondary N) is 1. The van der Waals surface area contributed by atoms with E-state index < -0.39 is 5.41 Å². The van der Waals surface area contributed by atoms with Gasteiger partial charge in [-0.25, -0.2) is 0 Å². The summed E-state index contributed by atoms with van der Waals surface area (Å²) in [5.74, 6) is 0.582. The van der Waals surface area contributed by atoms with Gasteiger partial charge in [-0.15, -0.1) is 0 Å². The molecule has 31 heavy (non-hydrogen) atoms. The first-order valence-electron chi connectivity index (χ1n) is 11.9. The molecule has 0 bridgehead atoms. The normalized spacial score (nSPS) is 31.8. The molecule has 1 aromatic rings. The highest BCUT2D eigenvalue weighted by Crippen LogP contribution is 2.49. The molecule has 3 atom stereocenters. The number of amides is 1. The van der Waals surface area contributed by atoms with E-state index in [1.807, 2.05) is 17.9 Å². The van der Waals surface area contributed by atoms with Crippen molar-refractivity contribution in [2.45, 2.75) is 57.4 Å². The number of morpholine rings is 1. The minimum Gasteiger partial charge on any atom is -0.466 e. The number of piperidine rings is 1. The Morgan fingerprint density at radius 2 is 2.03 bits per heavy atom. The highest BCUT2D eigenvalue weighted by molar-refractivity contribution is 5.93. The molecule has 0 spiro atoms. The molecule has 170 valence electrons. The van der Waals surface area contributed by atoms with Crippen LogP contribution in [-0.2, 0) is 14.3 Å². The summed E-state index contributed by atoms with van der Waals surface area (Å²) >= 11 is 0. The second kappa shape index (κ2) is 8.54. The Kier molecular flexibility index (Phi) is 5.77. The van der Waals surface area contributed by atoms with Crippen LogP contribution >= 0.6 is 0 Å². The number of carbonyl (C=O) groups is 2. The number of H-pyrrole nitrogens is 1. The predicted octanol–water partition coefficient (Wildman–Crippen LogP) is 2.18. The third-order valence-electron chi connectivity index (χ3n) is 7.85. The summed E-state index contributed by atoms with van der Waals surface area (Å²) in [5.41, 5.74) is 0.938. The second-order valence-electron chi connectivity index (χ2n) is 9.65. The molecular weight excluding hydrogens is 396 g/mol. The highest BCUT2D eigenvalue weighted by Gasteiger charge is 2.54. The fourth-order valence-electron chi connectivity index (χ4n) is 5.90. The van der Waals surface area contributed by atoms with E-state index in [0.717, 1.165) is 70.5 Å². The van der Waals surface area contributed by atoms with Crippen LogP contribution in [0, 0.1) is 11.3 Å². The zero-order valence-electron chi connectivity index (χ0n) is 18.5. The smallest absolute Gasteiger partial charge is 0.314 e. The van der Waals surface area contributed by atoms with E-state index in [1.54, 1.807) is 0 Å². The Hall–Kier alpha value is -1.93. The van der Waals surface area contributed by atoms with Gasteiger partial charge in [0.1, 0.15) is 5.69 Å². The van der Waals surface area contributed by atoms with Gasteiger partial charge in [-0.3, -0.25) is 19.6 Å². The van der Waals surface area contributed by atoms with Gasteiger partial charge in [-0.05, 0) is 57.4 Å². The lowest BCUT2D eigenvalue weighted by molar-refractivity contribution is -0.168. The minimum absolute atomic E-state index is 0.0689. The van der Waals surface area contributed by atoms with Crippen molar-refractivity contribution in [2.24, 2.45) is 11.3 Å². The Labute approximate surface area is 183 Å². The lowest BCUT2D eigenvalue weighted by Gasteiger charge is -2.52. The maximum absolute atomic E-state index is 13.2. The van der Waals surface area contributed by atoms with Crippen molar-refractivity contribution in [2.75, 3.05) is 46.0 Å². The molecule has 1 aromatic heterocycles. The van der Waals surface area contributed by atoms with Gasteiger partial charge in [-0.1, -0.05) is 0 Å². The van der Waals surface area contributed by atoms with Crippen molar-refractivity contribution in [3.63, 3.8) is 0 Å². The van der Waals surface area contributed by atoms with Crippen molar-refractivity contribution in [1.82, 2.24) is 20.0 Å². The average Bonchev–Trinajstić information content (AvgIpc) is 3.55. The molecule has 0 radical (unpaired) electrons. The van der Waals surface area contributed by atoms with Crippen molar-refractivity contribution < 1.29 is 19.1 Å². The van der Waals surface area contributed by atoms with Crippen LogP contribution in [0.3, 0.4) is 0 Å². The summed E-state index contributed by atoms with van der Waals surface area (Å²) in [7, 11) is 0. The zero-order valence-corrected chi connectivity index (χ0v) is 18.5. The molecule has 8 heteroatoms. The second-order valence-corrected chi connectivity index (χ2v) is 9.65. The first kappa shape index (κ1) is 20.9. The lowest BCUT2D eigenvalue weighted by atomic mass is 9.61. The molecule has 0 unspecified atom stereocenters. The summed E-state index contributed by atoms with van der Waals surface area (Å²) < 4.78 is 11.1. The highest BCUT2D eigenvalue weighted by atomic mass is 16.5. The SMILES string of the molecule is CCOC(=O)[C@@]12CC[C@@H](N3CCOCC3)C[C@H]1CCN(C(=O)c1cc(C3CC3)[nH]n1)C2. The molecule has 1 N–H and O–H groups in total. The molecule has 3 heterocycles. The van der Waals surface area contributed by atoms with E-state index in [2.05, 4.69) is 15.1 Å². The molecule has 2 saturated heterocycles. The van der Waals surface area contributed by atoms with Crippen molar-refractivity contribution in [3.8, 4) is 0 Å². The topological polar surface area (TPSA) is 87.8 Å². The molecule has 2 saturated carbocycles. The predicted molar refractivity (Wildman–Crippen MR) is 114 cm³/mol. The Balaban J connectivity index is 1.32. The van der Waals surface area contributed by atoms with E-state index >= 15 is 0 Å². The van der Waals surface area contributed by atoms with Crippen LogP contribution in [0.25, 0.3) is 0 Å². The third kappa shape index (κ3) is 4.00. The quantitative estimate of drug-likeness (QED) is 0.721. The molecule has 8 nitrogen and oxygen atoms in total. The van der Waals surface area contributed by atoms with E-state index in [1.165, 1.54) is 0 Å². The van der Waals surface area contributed by atoms with E-state index in [4.69, 9.17) is 9.47 Å². The molecule has 4 aliphatic rings. The van der Waals surface area contributed by atoms with Gasteiger partial charge >= 0.3 is 5.97 Å². The van der Waals surface area contributed by atoms with Crippen LogP contribution in [0.1, 0.15) is 67.5 Å². The van der Waals surface area contributed by atoms with Gasteiger partial charge in [0.25, 0.3) is 5.91 Å². The summed E-state index contributed by atoms with van der Waals surface area (Å²) in [5, 5.41) is 7.32. The molecule has 2 aliphatic heterocycles. The summed E-state index contributed by atoms with van der Waals surface area (Å²) in [6, 6.07) is 2.39. The Morgan fingerprint density at radius 1 is 1.23 bits per heavy atom. The van der Waals surface area contributed by atoms with Crippen LogP contribution in [0.5, 0.6) is 0 Å². The first-order chi connectivity index (χ1) is 15.1. The summed E-state index contributed by atoms with van der Waals surface area (Å²) in [6.07, 6.45) is 5.90. The lowest BCUT2D eigenvalue weighted by Crippen LogP contribution is -2.59.